The van der Waals surface area contributed by atoms with E-state index in [2.05, 4.69) is 15.3 Å². The van der Waals surface area contributed by atoms with Crippen molar-refractivity contribution in [3.8, 4) is 5.69 Å². The first kappa shape index (κ1) is 8.49. The SMILES string of the molecule is Cc1cn(-c2cn[nH]c2)nc1C(=O)O. The standard InChI is InChI=1S/C8H8N4O2/c1-5-4-12(6-2-9-10-3-6)11-7(5)8(13)14/h2-4H,1H3,(H,9,10)(H,13,14). The van der Waals surface area contributed by atoms with Crippen molar-refractivity contribution in [1.82, 2.24) is 20.0 Å². The summed E-state index contributed by atoms with van der Waals surface area (Å²) < 4.78 is 1.47. The minimum atomic E-state index is -1.02. The third kappa shape index (κ3) is 1.26. The molecule has 6 nitrogen and oxygen atoms in total. The topological polar surface area (TPSA) is 83.8 Å². The molecule has 0 spiro atoms. The molecule has 2 aromatic rings. The van der Waals surface area contributed by atoms with Gasteiger partial charge in [-0.05, 0) is 6.92 Å². The first-order chi connectivity index (χ1) is 6.68. The predicted octanol–water partition coefficient (Wildman–Crippen LogP) is 0.602. The first-order valence-electron chi connectivity index (χ1n) is 3.97. The zero-order chi connectivity index (χ0) is 10.1. The average molecular weight is 192 g/mol. The summed E-state index contributed by atoms with van der Waals surface area (Å²) in [6, 6.07) is 0. The Balaban J connectivity index is 2.48. The Kier molecular flexibility index (Phi) is 1.81. The Labute approximate surface area is 79.2 Å². The average Bonchev–Trinajstić information content (AvgIpc) is 2.70. The fourth-order valence-corrected chi connectivity index (χ4v) is 1.17. The van der Waals surface area contributed by atoms with Gasteiger partial charge in [-0.25, -0.2) is 9.48 Å². The van der Waals surface area contributed by atoms with Crippen LogP contribution in [0.5, 0.6) is 0 Å². The number of rotatable bonds is 2. The number of nitrogens with one attached hydrogen (secondary N) is 1. The molecule has 2 N–H and O–H groups in total. The number of aromatic amines is 1. The van der Waals surface area contributed by atoms with Crippen molar-refractivity contribution in [2.75, 3.05) is 0 Å². The van der Waals surface area contributed by atoms with Crippen LogP contribution in [0.3, 0.4) is 0 Å². The monoisotopic (exact) mass is 192 g/mol. The van der Waals surface area contributed by atoms with Crippen molar-refractivity contribution < 1.29 is 9.90 Å². The molecule has 2 heterocycles. The van der Waals surface area contributed by atoms with Gasteiger partial charge in [0.25, 0.3) is 0 Å². The molecule has 6 heteroatoms. The summed E-state index contributed by atoms with van der Waals surface area (Å²) in [5.41, 5.74) is 1.39. The molecule has 0 aliphatic heterocycles. The maximum Gasteiger partial charge on any atom is 0.356 e. The number of nitrogens with zero attached hydrogens (tertiary/aromatic N) is 3. The van der Waals surface area contributed by atoms with Crippen LogP contribution in [-0.2, 0) is 0 Å². The summed E-state index contributed by atoms with van der Waals surface area (Å²) in [5, 5.41) is 19.1. The van der Waals surface area contributed by atoms with Crippen LogP contribution in [0.15, 0.2) is 18.6 Å². The zero-order valence-corrected chi connectivity index (χ0v) is 7.43. The second-order valence-corrected chi connectivity index (χ2v) is 2.87. The molecule has 0 atom stereocenters. The quantitative estimate of drug-likeness (QED) is 0.729. The van der Waals surface area contributed by atoms with Crippen molar-refractivity contribution in [1.29, 1.82) is 0 Å². The number of carboxylic acid groups (broad SMARTS) is 1. The van der Waals surface area contributed by atoms with Gasteiger partial charge in [-0.2, -0.15) is 10.2 Å². The molecule has 0 aliphatic rings. The van der Waals surface area contributed by atoms with Gasteiger partial charge in [-0.1, -0.05) is 0 Å². The van der Waals surface area contributed by atoms with E-state index in [1.807, 2.05) is 0 Å². The zero-order valence-electron chi connectivity index (χ0n) is 7.43. The minimum Gasteiger partial charge on any atom is -0.476 e. The van der Waals surface area contributed by atoms with Crippen molar-refractivity contribution in [3.63, 3.8) is 0 Å². The maximum atomic E-state index is 10.7. The van der Waals surface area contributed by atoms with E-state index in [9.17, 15) is 4.79 Å². The van der Waals surface area contributed by atoms with Gasteiger partial charge in [-0.15, -0.1) is 0 Å². The highest BCUT2D eigenvalue weighted by atomic mass is 16.4. The van der Waals surface area contributed by atoms with Gasteiger partial charge in [0.05, 0.1) is 6.20 Å². The van der Waals surface area contributed by atoms with Gasteiger partial charge >= 0.3 is 5.97 Å². The number of H-pyrrole nitrogens is 1. The molecular weight excluding hydrogens is 184 g/mol. The lowest BCUT2D eigenvalue weighted by molar-refractivity contribution is 0.0689. The van der Waals surface area contributed by atoms with E-state index < -0.39 is 5.97 Å². The van der Waals surface area contributed by atoms with Crippen LogP contribution in [0.4, 0.5) is 0 Å². The highest BCUT2D eigenvalue weighted by Crippen LogP contribution is 2.09. The molecule has 0 unspecified atom stereocenters. The number of carbonyl (C=O) groups is 1. The smallest absolute Gasteiger partial charge is 0.356 e. The molecule has 14 heavy (non-hydrogen) atoms. The summed E-state index contributed by atoms with van der Waals surface area (Å²) in [6.45, 7) is 1.70. The Hall–Kier alpha value is -2.11. The lowest BCUT2D eigenvalue weighted by Crippen LogP contribution is -2.01. The molecule has 0 aromatic carbocycles. The molecule has 0 saturated carbocycles. The van der Waals surface area contributed by atoms with Gasteiger partial charge in [0.1, 0.15) is 5.69 Å². The van der Waals surface area contributed by atoms with E-state index in [1.54, 1.807) is 25.5 Å². The van der Waals surface area contributed by atoms with Crippen LogP contribution < -0.4 is 0 Å². The molecule has 0 radical (unpaired) electrons. The van der Waals surface area contributed by atoms with Gasteiger partial charge in [0.2, 0.25) is 0 Å². The van der Waals surface area contributed by atoms with E-state index >= 15 is 0 Å². The third-order valence-electron chi connectivity index (χ3n) is 1.85. The summed E-state index contributed by atoms with van der Waals surface area (Å²) in [5.74, 6) is -1.02. The minimum absolute atomic E-state index is 0.0613. The van der Waals surface area contributed by atoms with Gasteiger partial charge in [0.15, 0.2) is 5.69 Å². The molecule has 0 saturated heterocycles. The second kappa shape index (κ2) is 2.99. The largest absolute Gasteiger partial charge is 0.476 e. The number of carboxylic acids is 1. The predicted molar refractivity (Wildman–Crippen MR) is 47.4 cm³/mol. The summed E-state index contributed by atoms with van der Waals surface area (Å²) >= 11 is 0. The second-order valence-electron chi connectivity index (χ2n) is 2.87. The summed E-state index contributed by atoms with van der Waals surface area (Å²) in [4.78, 5) is 10.7. The van der Waals surface area contributed by atoms with Crippen molar-refractivity contribution in [2.45, 2.75) is 6.92 Å². The number of aryl methyl sites for hydroxylation is 1. The molecule has 0 fully saturated rings. The Morgan fingerprint density at radius 2 is 2.43 bits per heavy atom. The molecular formula is C8H8N4O2. The number of hydrogen-bond donors (Lipinski definition) is 2. The van der Waals surface area contributed by atoms with Crippen molar-refractivity contribution >= 4 is 5.97 Å². The lowest BCUT2D eigenvalue weighted by atomic mass is 10.3. The molecule has 2 rings (SSSR count). The highest BCUT2D eigenvalue weighted by molar-refractivity contribution is 5.86. The molecule has 2 aromatic heterocycles. The van der Waals surface area contributed by atoms with E-state index in [4.69, 9.17) is 5.11 Å². The number of aromatic nitrogens is 4. The van der Waals surface area contributed by atoms with E-state index in [-0.39, 0.29) is 5.69 Å². The summed E-state index contributed by atoms with van der Waals surface area (Å²) in [7, 11) is 0. The van der Waals surface area contributed by atoms with Crippen LogP contribution in [0, 0.1) is 6.92 Å². The molecule has 0 bridgehead atoms. The number of hydrogen-bond acceptors (Lipinski definition) is 3. The van der Waals surface area contributed by atoms with Crippen molar-refractivity contribution in [2.24, 2.45) is 0 Å². The summed E-state index contributed by atoms with van der Waals surface area (Å²) in [6.07, 6.45) is 4.85. The number of aromatic carboxylic acids is 1. The Bertz CT molecular complexity index is 458. The highest BCUT2D eigenvalue weighted by Gasteiger charge is 2.12. The van der Waals surface area contributed by atoms with Crippen molar-refractivity contribution in [3.05, 3.63) is 29.8 Å². The van der Waals surface area contributed by atoms with Gasteiger partial charge in [-0.3, -0.25) is 5.10 Å². The van der Waals surface area contributed by atoms with Gasteiger partial charge < -0.3 is 5.11 Å². The maximum absolute atomic E-state index is 10.7. The van der Waals surface area contributed by atoms with Crippen LogP contribution in [-0.4, -0.2) is 31.1 Å². The van der Waals surface area contributed by atoms with Crippen LogP contribution in [0.2, 0.25) is 0 Å². The molecule has 0 aliphatic carbocycles. The first-order valence-corrected chi connectivity index (χ1v) is 3.97. The van der Waals surface area contributed by atoms with E-state index in [0.29, 0.717) is 11.3 Å². The normalized spacial score (nSPS) is 10.4. The van der Waals surface area contributed by atoms with E-state index in [1.165, 1.54) is 4.68 Å². The molecule has 72 valence electrons. The molecule has 0 amide bonds. The fraction of sp³-hybridized carbons (Fsp3) is 0.125. The Morgan fingerprint density at radius 3 is 2.93 bits per heavy atom. The van der Waals surface area contributed by atoms with Crippen LogP contribution in [0.25, 0.3) is 5.69 Å². The van der Waals surface area contributed by atoms with Gasteiger partial charge in [0, 0.05) is 18.0 Å². The lowest BCUT2D eigenvalue weighted by Gasteiger charge is -1.92. The van der Waals surface area contributed by atoms with E-state index in [0.717, 1.165) is 0 Å². The van der Waals surface area contributed by atoms with Crippen LogP contribution >= 0.6 is 0 Å². The fourth-order valence-electron chi connectivity index (χ4n) is 1.17. The Morgan fingerprint density at radius 1 is 1.64 bits per heavy atom. The van der Waals surface area contributed by atoms with Crippen LogP contribution in [0.1, 0.15) is 16.1 Å². The third-order valence-corrected chi connectivity index (χ3v) is 1.85.